The van der Waals surface area contributed by atoms with Crippen molar-refractivity contribution in [2.45, 2.75) is 6.61 Å². The molecule has 0 aliphatic rings. The molecule has 1 rings (SSSR count). The van der Waals surface area contributed by atoms with Crippen LogP contribution in [0.3, 0.4) is 0 Å². The van der Waals surface area contributed by atoms with Crippen molar-refractivity contribution in [1.29, 1.82) is 0 Å². The summed E-state index contributed by atoms with van der Waals surface area (Å²) in [5.41, 5.74) is 5.90. The Morgan fingerprint density at radius 1 is 1.42 bits per heavy atom. The van der Waals surface area contributed by atoms with Gasteiger partial charge in [0.15, 0.2) is 0 Å². The molecular weight excluding hydrogens is 279 g/mol. The van der Waals surface area contributed by atoms with Crippen molar-refractivity contribution in [1.82, 2.24) is 0 Å². The minimum atomic E-state index is -2.81. The second-order valence-electron chi connectivity index (χ2n) is 2.04. The molecule has 1 aromatic rings. The summed E-state index contributed by atoms with van der Waals surface area (Å²) in [5.74, 6) is 0.116. The summed E-state index contributed by atoms with van der Waals surface area (Å²) in [4.78, 5) is 0. The highest BCUT2D eigenvalue weighted by atomic mass is 127. The van der Waals surface area contributed by atoms with Crippen molar-refractivity contribution in [3.63, 3.8) is 0 Å². The molecule has 2 N–H and O–H groups in total. The second-order valence-corrected chi connectivity index (χ2v) is 3.12. The normalized spacial score (nSPS) is 10.3. The van der Waals surface area contributed by atoms with Gasteiger partial charge >= 0.3 is 6.61 Å². The van der Waals surface area contributed by atoms with Gasteiger partial charge in [0.05, 0.1) is 3.57 Å². The topological polar surface area (TPSA) is 35.2 Å². The first-order chi connectivity index (χ1) is 5.61. The van der Waals surface area contributed by atoms with E-state index < -0.39 is 6.61 Å². The van der Waals surface area contributed by atoms with E-state index in [0.717, 1.165) is 0 Å². The van der Waals surface area contributed by atoms with Crippen LogP contribution in [-0.2, 0) is 0 Å². The van der Waals surface area contributed by atoms with E-state index in [9.17, 15) is 8.78 Å². The van der Waals surface area contributed by atoms with Gasteiger partial charge < -0.3 is 10.5 Å². The Hall–Kier alpha value is -0.590. The maximum Gasteiger partial charge on any atom is 0.387 e. The molecule has 66 valence electrons. The van der Waals surface area contributed by atoms with Gasteiger partial charge in [-0.2, -0.15) is 8.78 Å². The molecule has 0 unspecified atom stereocenters. The van der Waals surface area contributed by atoms with Crippen LogP contribution >= 0.6 is 22.6 Å². The molecule has 0 spiro atoms. The smallest absolute Gasteiger partial charge is 0.387 e. The number of rotatable bonds is 2. The highest BCUT2D eigenvalue weighted by Gasteiger charge is 2.08. The molecule has 0 heterocycles. The van der Waals surface area contributed by atoms with E-state index in [-0.39, 0.29) is 5.75 Å². The van der Waals surface area contributed by atoms with Crippen LogP contribution in [0.25, 0.3) is 0 Å². The Morgan fingerprint density at radius 2 is 2.08 bits per heavy atom. The summed E-state index contributed by atoms with van der Waals surface area (Å²) >= 11 is 1.85. The Morgan fingerprint density at radius 3 is 2.67 bits per heavy atom. The highest BCUT2D eigenvalue weighted by molar-refractivity contribution is 14.1. The molecule has 0 amide bonds. The molecule has 0 fully saturated rings. The number of halogens is 3. The van der Waals surface area contributed by atoms with Crippen molar-refractivity contribution in [2.75, 3.05) is 5.73 Å². The van der Waals surface area contributed by atoms with Gasteiger partial charge in [-0.3, -0.25) is 0 Å². The van der Waals surface area contributed by atoms with Gasteiger partial charge in [0.1, 0.15) is 5.75 Å². The Kier molecular flexibility index (Phi) is 3.07. The largest absolute Gasteiger partial charge is 0.434 e. The number of ether oxygens (including phenoxy) is 1. The first-order valence-electron chi connectivity index (χ1n) is 3.10. The van der Waals surface area contributed by atoms with Crippen LogP contribution in [0.1, 0.15) is 0 Å². The lowest BCUT2D eigenvalue weighted by atomic mass is 10.3. The van der Waals surface area contributed by atoms with E-state index in [1.165, 1.54) is 6.07 Å². The monoisotopic (exact) mass is 285 g/mol. The lowest BCUT2D eigenvalue weighted by Crippen LogP contribution is -2.04. The van der Waals surface area contributed by atoms with Gasteiger partial charge in [0.2, 0.25) is 0 Å². The maximum absolute atomic E-state index is 11.8. The van der Waals surface area contributed by atoms with Crippen LogP contribution in [0, 0.1) is 3.57 Å². The van der Waals surface area contributed by atoms with E-state index in [0.29, 0.717) is 9.26 Å². The van der Waals surface area contributed by atoms with E-state index in [1.807, 2.05) is 22.6 Å². The van der Waals surface area contributed by atoms with E-state index >= 15 is 0 Å². The Labute approximate surface area is 81.8 Å². The quantitative estimate of drug-likeness (QED) is 0.669. The molecule has 0 aliphatic carbocycles. The van der Waals surface area contributed by atoms with Gasteiger partial charge in [-0.05, 0) is 34.7 Å². The number of alkyl halides is 2. The van der Waals surface area contributed by atoms with Gasteiger partial charge in [-0.1, -0.05) is 6.07 Å². The molecule has 0 atom stereocenters. The maximum atomic E-state index is 11.8. The third-order valence-electron chi connectivity index (χ3n) is 1.21. The van der Waals surface area contributed by atoms with Crippen LogP contribution in [0.15, 0.2) is 18.2 Å². The van der Waals surface area contributed by atoms with Crippen molar-refractivity contribution in [3.8, 4) is 5.75 Å². The van der Waals surface area contributed by atoms with Gasteiger partial charge in [-0.25, -0.2) is 0 Å². The molecule has 1 aromatic carbocycles. The summed E-state index contributed by atoms with van der Waals surface area (Å²) in [6.07, 6.45) is 0. The lowest BCUT2D eigenvalue weighted by molar-refractivity contribution is -0.0503. The SMILES string of the molecule is Nc1cccc(OC(F)F)c1I. The predicted molar refractivity (Wildman–Crippen MR) is 50.2 cm³/mol. The van der Waals surface area contributed by atoms with Crippen LogP contribution in [-0.4, -0.2) is 6.61 Å². The predicted octanol–water partition coefficient (Wildman–Crippen LogP) is 2.47. The number of anilines is 1. The zero-order valence-electron chi connectivity index (χ0n) is 5.93. The number of benzene rings is 1. The summed E-state index contributed by atoms with van der Waals surface area (Å²) in [6.45, 7) is -2.81. The van der Waals surface area contributed by atoms with Crippen molar-refractivity contribution in [3.05, 3.63) is 21.8 Å². The lowest BCUT2D eigenvalue weighted by Gasteiger charge is -2.07. The number of nitrogen functional groups attached to an aromatic ring is 1. The molecule has 12 heavy (non-hydrogen) atoms. The molecule has 0 aromatic heterocycles. The van der Waals surface area contributed by atoms with Crippen LogP contribution in [0.4, 0.5) is 14.5 Å². The van der Waals surface area contributed by atoms with E-state index in [4.69, 9.17) is 5.73 Å². The first-order valence-corrected chi connectivity index (χ1v) is 4.18. The minimum absolute atomic E-state index is 0.116. The molecule has 0 saturated carbocycles. The van der Waals surface area contributed by atoms with Gasteiger partial charge in [-0.15, -0.1) is 0 Å². The third kappa shape index (κ3) is 2.20. The molecule has 5 heteroatoms. The Balaban J connectivity index is 2.92. The van der Waals surface area contributed by atoms with Crippen LogP contribution in [0.2, 0.25) is 0 Å². The molecule has 0 radical (unpaired) electrons. The zero-order chi connectivity index (χ0) is 9.14. The van der Waals surface area contributed by atoms with E-state index in [2.05, 4.69) is 4.74 Å². The van der Waals surface area contributed by atoms with Crippen molar-refractivity contribution in [2.24, 2.45) is 0 Å². The zero-order valence-corrected chi connectivity index (χ0v) is 8.09. The molecule has 0 bridgehead atoms. The second kappa shape index (κ2) is 3.88. The molecular formula is C7H6F2INO. The third-order valence-corrected chi connectivity index (χ3v) is 2.36. The Bertz CT molecular complexity index is 280. The average Bonchev–Trinajstić information content (AvgIpc) is 1.98. The molecule has 2 nitrogen and oxygen atoms in total. The van der Waals surface area contributed by atoms with Crippen LogP contribution < -0.4 is 10.5 Å². The number of nitrogens with two attached hydrogens (primary N) is 1. The first kappa shape index (κ1) is 9.50. The van der Waals surface area contributed by atoms with Crippen molar-refractivity contribution >= 4 is 28.3 Å². The van der Waals surface area contributed by atoms with E-state index in [1.54, 1.807) is 12.1 Å². The fourth-order valence-electron chi connectivity index (χ4n) is 0.715. The summed E-state index contributed by atoms with van der Waals surface area (Å²) in [7, 11) is 0. The fraction of sp³-hybridized carbons (Fsp3) is 0.143. The van der Waals surface area contributed by atoms with Gasteiger partial charge in [0.25, 0.3) is 0 Å². The fourth-order valence-corrected chi connectivity index (χ4v) is 1.20. The average molecular weight is 285 g/mol. The minimum Gasteiger partial charge on any atom is -0.434 e. The summed E-state index contributed by atoms with van der Waals surface area (Å²) in [6, 6.07) is 4.64. The number of hydrogen-bond donors (Lipinski definition) is 1. The summed E-state index contributed by atoms with van der Waals surface area (Å²) < 4.78 is 28.2. The van der Waals surface area contributed by atoms with Crippen LogP contribution in [0.5, 0.6) is 5.75 Å². The van der Waals surface area contributed by atoms with Crippen molar-refractivity contribution < 1.29 is 13.5 Å². The standard InChI is InChI=1S/C7H6F2INO/c8-7(9)12-5-3-1-2-4(11)6(5)10/h1-3,7H,11H2. The summed E-state index contributed by atoms with van der Waals surface area (Å²) in [5, 5.41) is 0. The highest BCUT2D eigenvalue weighted by Crippen LogP contribution is 2.26. The van der Waals surface area contributed by atoms with Gasteiger partial charge in [0, 0.05) is 5.69 Å². The number of hydrogen-bond acceptors (Lipinski definition) is 2. The molecule has 0 aliphatic heterocycles. The molecule has 0 saturated heterocycles.